The highest BCUT2D eigenvalue weighted by atomic mass is 35.5. The smallest absolute Gasteiger partial charge is 0.260 e. The molecule has 0 radical (unpaired) electrons. The van der Waals surface area contributed by atoms with Crippen LogP contribution in [-0.2, 0) is 11.2 Å². The standard InChI is InChI=1S/C20H24N2O2.ClH/c1-2-15-8-6-7-11-19(15)24-14-20(23)22-12-17(18(21)13-22)16-9-4-3-5-10-16;/h3-11,17-18H,2,12-14,21H2,1H3;1H/t17-,18+;/m0./s1. The van der Waals surface area contributed by atoms with Crippen LogP contribution in [0.5, 0.6) is 5.75 Å². The monoisotopic (exact) mass is 360 g/mol. The van der Waals surface area contributed by atoms with Gasteiger partial charge in [-0.25, -0.2) is 0 Å². The molecule has 2 aromatic carbocycles. The number of carbonyl (C=O) groups is 1. The summed E-state index contributed by atoms with van der Waals surface area (Å²) in [7, 11) is 0. The summed E-state index contributed by atoms with van der Waals surface area (Å²) in [6, 6.07) is 18.0. The van der Waals surface area contributed by atoms with E-state index in [2.05, 4.69) is 19.1 Å². The van der Waals surface area contributed by atoms with Crippen LogP contribution < -0.4 is 10.5 Å². The van der Waals surface area contributed by atoms with Gasteiger partial charge in [0, 0.05) is 25.0 Å². The van der Waals surface area contributed by atoms with E-state index >= 15 is 0 Å². The number of halogens is 1. The summed E-state index contributed by atoms with van der Waals surface area (Å²) in [5, 5.41) is 0. The fraction of sp³-hybridized carbons (Fsp3) is 0.350. The molecule has 0 saturated carbocycles. The molecule has 2 atom stereocenters. The minimum atomic E-state index is -0.0284. The molecule has 1 saturated heterocycles. The van der Waals surface area contributed by atoms with Gasteiger partial charge >= 0.3 is 0 Å². The largest absolute Gasteiger partial charge is 0.483 e. The summed E-state index contributed by atoms with van der Waals surface area (Å²) in [6.07, 6.45) is 0.884. The van der Waals surface area contributed by atoms with Crippen molar-refractivity contribution in [1.82, 2.24) is 4.90 Å². The molecule has 1 amide bonds. The SMILES string of the molecule is CCc1ccccc1OCC(=O)N1C[C@@H](N)[C@H](c2ccccc2)C1.Cl. The van der Waals surface area contributed by atoms with Gasteiger partial charge in [-0.1, -0.05) is 55.5 Å². The van der Waals surface area contributed by atoms with Gasteiger partial charge in [-0.15, -0.1) is 12.4 Å². The number of hydrogen-bond acceptors (Lipinski definition) is 3. The maximum Gasteiger partial charge on any atom is 0.260 e. The molecule has 0 bridgehead atoms. The van der Waals surface area contributed by atoms with E-state index in [0.29, 0.717) is 13.1 Å². The van der Waals surface area contributed by atoms with Crippen LogP contribution in [0.25, 0.3) is 0 Å². The first-order chi connectivity index (χ1) is 11.7. The first-order valence-corrected chi connectivity index (χ1v) is 8.48. The highest BCUT2D eigenvalue weighted by Crippen LogP contribution is 2.26. The highest BCUT2D eigenvalue weighted by Gasteiger charge is 2.33. The van der Waals surface area contributed by atoms with Gasteiger partial charge in [-0.3, -0.25) is 4.79 Å². The zero-order chi connectivity index (χ0) is 16.9. The molecular formula is C20H25ClN2O2. The number of carbonyl (C=O) groups excluding carboxylic acids is 1. The second-order valence-electron chi connectivity index (χ2n) is 6.23. The van der Waals surface area contributed by atoms with Crippen molar-refractivity contribution in [2.24, 2.45) is 5.73 Å². The van der Waals surface area contributed by atoms with Gasteiger partial charge < -0.3 is 15.4 Å². The third kappa shape index (κ3) is 4.53. The molecule has 0 spiro atoms. The first kappa shape index (κ1) is 19.3. The zero-order valence-electron chi connectivity index (χ0n) is 14.4. The van der Waals surface area contributed by atoms with E-state index in [4.69, 9.17) is 10.5 Å². The zero-order valence-corrected chi connectivity index (χ0v) is 15.2. The summed E-state index contributed by atoms with van der Waals surface area (Å²) in [4.78, 5) is 14.3. The Kier molecular flexibility index (Phi) is 6.85. The Labute approximate surface area is 155 Å². The quantitative estimate of drug-likeness (QED) is 0.891. The predicted molar refractivity (Wildman–Crippen MR) is 102 cm³/mol. The van der Waals surface area contributed by atoms with Crippen molar-refractivity contribution in [3.05, 3.63) is 65.7 Å². The van der Waals surface area contributed by atoms with Gasteiger partial charge in [0.05, 0.1) is 0 Å². The third-order valence-corrected chi connectivity index (χ3v) is 4.65. The van der Waals surface area contributed by atoms with Crippen molar-refractivity contribution in [2.45, 2.75) is 25.3 Å². The molecule has 1 heterocycles. The molecule has 1 fully saturated rings. The number of amides is 1. The molecule has 0 aromatic heterocycles. The van der Waals surface area contributed by atoms with E-state index in [1.807, 2.05) is 47.4 Å². The number of benzene rings is 2. The van der Waals surface area contributed by atoms with Gasteiger partial charge in [-0.2, -0.15) is 0 Å². The molecule has 0 aliphatic carbocycles. The van der Waals surface area contributed by atoms with Gasteiger partial charge in [0.15, 0.2) is 6.61 Å². The molecule has 134 valence electrons. The van der Waals surface area contributed by atoms with E-state index in [1.54, 1.807) is 0 Å². The Bertz CT molecular complexity index is 693. The maximum atomic E-state index is 12.5. The van der Waals surface area contributed by atoms with Gasteiger partial charge in [0.25, 0.3) is 5.91 Å². The molecular weight excluding hydrogens is 336 g/mol. The highest BCUT2D eigenvalue weighted by molar-refractivity contribution is 5.85. The molecule has 25 heavy (non-hydrogen) atoms. The Hall–Kier alpha value is -2.04. The second-order valence-corrected chi connectivity index (χ2v) is 6.23. The molecule has 5 heteroatoms. The minimum Gasteiger partial charge on any atom is -0.483 e. The van der Waals surface area contributed by atoms with Crippen molar-refractivity contribution < 1.29 is 9.53 Å². The summed E-state index contributed by atoms with van der Waals surface area (Å²) in [5.74, 6) is 0.976. The number of nitrogens with zero attached hydrogens (tertiary/aromatic N) is 1. The molecule has 2 N–H and O–H groups in total. The van der Waals surface area contributed by atoms with Crippen LogP contribution in [0.2, 0.25) is 0 Å². The number of nitrogens with two attached hydrogens (primary N) is 1. The average Bonchev–Trinajstić information content (AvgIpc) is 3.02. The average molecular weight is 361 g/mol. The van der Waals surface area contributed by atoms with E-state index in [0.717, 1.165) is 17.7 Å². The Morgan fingerprint density at radius 1 is 1.12 bits per heavy atom. The maximum absolute atomic E-state index is 12.5. The van der Waals surface area contributed by atoms with E-state index in [1.165, 1.54) is 5.56 Å². The lowest BCUT2D eigenvalue weighted by Gasteiger charge is -2.17. The molecule has 1 aliphatic rings. The number of rotatable bonds is 5. The van der Waals surface area contributed by atoms with Crippen LogP contribution in [0.1, 0.15) is 24.0 Å². The van der Waals surface area contributed by atoms with Crippen molar-refractivity contribution in [3.8, 4) is 5.75 Å². The van der Waals surface area contributed by atoms with Crippen molar-refractivity contribution in [3.63, 3.8) is 0 Å². The Morgan fingerprint density at radius 3 is 2.52 bits per heavy atom. The second kappa shape index (κ2) is 8.88. The molecule has 3 rings (SSSR count). The summed E-state index contributed by atoms with van der Waals surface area (Å²) in [6.45, 7) is 3.37. The van der Waals surface area contributed by atoms with Crippen LogP contribution in [-0.4, -0.2) is 36.5 Å². The lowest BCUT2D eigenvalue weighted by atomic mass is 9.95. The number of ether oxygens (including phenoxy) is 1. The number of hydrogen-bond donors (Lipinski definition) is 1. The van der Waals surface area contributed by atoms with Gasteiger partial charge in [0.2, 0.25) is 0 Å². The summed E-state index contributed by atoms with van der Waals surface area (Å²) < 4.78 is 5.75. The van der Waals surface area contributed by atoms with Crippen LogP contribution in [0.3, 0.4) is 0 Å². The van der Waals surface area contributed by atoms with E-state index in [-0.39, 0.29) is 36.9 Å². The summed E-state index contributed by atoms with van der Waals surface area (Å²) in [5.41, 5.74) is 8.57. The van der Waals surface area contributed by atoms with Crippen LogP contribution >= 0.6 is 12.4 Å². The fourth-order valence-corrected chi connectivity index (χ4v) is 3.25. The summed E-state index contributed by atoms with van der Waals surface area (Å²) >= 11 is 0. The fourth-order valence-electron chi connectivity index (χ4n) is 3.25. The number of aryl methyl sites for hydroxylation is 1. The molecule has 2 aromatic rings. The van der Waals surface area contributed by atoms with Crippen molar-refractivity contribution in [1.29, 1.82) is 0 Å². The predicted octanol–water partition coefficient (Wildman–Crippen LogP) is 3.00. The lowest BCUT2D eigenvalue weighted by Crippen LogP contribution is -2.35. The Morgan fingerprint density at radius 2 is 1.80 bits per heavy atom. The minimum absolute atomic E-state index is 0. The van der Waals surface area contributed by atoms with Gasteiger partial charge in [-0.05, 0) is 23.6 Å². The first-order valence-electron chi connectivity index (χ1n) is 8.48. The van der Waals surface area contributed by atoms with Crippen molar-refractivity contribution >= 4 is 18.3 Å². The lowest BCUT2D eigenvalue weighted by molar-refractivity contribution is -0.132. The Balaban J connectivity index is 0.00000225. The number of likely N-dealkylation sites (tertiary alicyclic amines) is 1. The van der Waals surface area contributed by atoms with Crippen LogP contribution in [0.15, 0.2) is 54.6 Å². The normalized spacial score (nSPS) is 19.4. The van der Waals surface area contributed by atoms with Crippen LogP contribution in [0.4, 0.5) is 0 Å². The van der Waals surface area contributed by atoms with E-state index < -0.39 is 0 Å². The van der Waals surface area contributed by atoms with Gasteiger partial charge in [0.1, 0.15) is 5.75 Å². The number of para-hydroxylation sites is 1. The van der Waals surface area contributed by atoms with Crippen molar-refractivity contribution in [2.75, 3.05) is 19.7 Å². The van der Waals surface area contributed by atoms with E-state index in [9.17, 15) is 4.79 Å². The molecule has 1 aliphatic heterocycles. The molecule has 0 unspecified atom stereocenters. The molecule has 4 nitrogen and oxygen atoms in total. The third-order valence-electron chi connectivity index (χ3n) is 4.65. The van der Waals surface area contributed by atoms with Crippen LogP contribution in [0, 0.1) is 0 Å². The topological polar surface area (TPSA) is 55.6 Å².